The van der Waals surface area contributed by atoms with Gasteiger partial charge in [-0.05, 0) is 125 Å². The quantitative estimate of drug-likeness (QED) is 0.0672. The third kappa shape index (κ3) is 39.1. The Morgan fingerprint density at radius 2 is 1.12 bits per heavy atom. The fourth-order valence-corrected chi connectivity index (χ4v) is 6.48. The number of pyridine rings is 3. The van der Waals surface area contributed by atoms with Crippen LogP contribution < -0.4 is 27.1 Å². The molecule has 3 amide bonds. The predicted octanol–water partition coefficient (Wildman–Crippen LogP) is 18.1. The number of carbonyl (C=O) groups excluding carboxylic acids is 3. The molecule has 1 aliphatic rings. The molecule has 510 valence electrons. The molecule has 0 atom stereocenters. The summed E-state index contributed by atoms with van der Waals surface area (Å²) in [4.78, 5) is 56.7. The van der Waals surface area contributed by atoms with Gasteiger partial charge in [0.15, 0.2) is 0 Å². The van der Waals surface area contributed by atoms with Gasteiger partial charge in [0, 0.05) is 66.3 Å². The van der Waals surface area contributed by atoms with Crippen molar-refractivity contribution >= 4 is 28.8 Å². The highest BCUT2D eigenvalue weighted by Gasteiger charge is 2.19. The maximum atomic E-state index is 13.0. The molecule has 7 aromatic rings. The summed E-state index contributed by atoms with van der Waals surface area (Å²) in [6.45, 7) is 36.7. The normalized spacial score (nSPS) is 10.1. The molecular formula is C73H125FN10O6. The summed E-state index contributed by atoms with van der Waals surface area (Å²) < 4.78 is 18.0. The van der Waals surface area contributed by atoms with Crippen molar-refractivity contribution in [2.45, 2.75) is 232 Å². The molecule has 0 bridgehead atoms. The van der Waals surface area contributed by atoms with Crippen molar-refractivity contribution in [2.75, 3.05) is 7.11 Å². The Morgan fingerprint density at radius 1 is 0.622 bits per heavy atom. The number of aromatic nitrogens is 7. The van der Waals surface area contributed by atoms with Crippen molar-refractivity contribution in [3.05, 3.63) is 170 Å². The lowest BCUT2D eigenvalue weighted by Crippen LogP contribution is -2.17. The largest absolute Gasteiger partial charge is 0.481 e. The Labute approximate surface area is 545 Å². The first-order valence-electron chi connectivity index (χ1n) is 27.8. The lowest BCUT2D eigenvalue weighted by molar-refractivity contribution is -0.120. The summed E-state index contributed by atoms with van der Waals surface area (Å²) in [5, 5.41) is 23.2. The van der Waals surface area contributed by atoms with Crippen LogP contribution in [0.2, 0.25) is 0 Å². The minimum absolute atomic E-state index is 0. The number of nitrogens with one attached hydrogen (secondary N) is 4. The Bertz CT molecular complexity index is 3110. The van der Waals surface area contributed by atoms with Crippen LogP contribution in [-0.4, -0.2) is 70.9 Å². The van der Waals surface area contributed by atoms with E-state index in [0.29, 0.717) is 47.9 Å². The van der Waals surface area contributed by atoms with Crippen LogP contribution in [-0.2, 0) is 11.3 Å². The second kappa shape index (κ2) is 49.9. The van der Waals surface area contributed by atoms with Crippen LogP contribution in [0, 0.1) is 29.5 Å². The Kier molecular flexibility index (Phi) is 54.4. The number of hydrogen-bond donors (Lipinski definition) is 7. The zero-order valence-corrected chi connectivity index (χ0v) is 52.0. The summed E-state index contributed by atoms with van der Waals surface area (Å²) >= 11 is 0. The van der Waals surface area contributed by atoms with Crippen LogP contribution in [0.25, 0.3) is 11.0 Å². The van der Waals surface area contributed by atoms with Gasteiger partial charge in [0.25, 0.3) is 11.8 Å². The SMILES string of the molecule is C.C.C.C.C.C.C.C.CC(C)C#CC(C)(C)O.CC(C)C(N)=O.CC(C)c1cc[nH]c(=O)c1.CC(C)c1ccc(F)c(C(N)=O)c1.CC(C)c1ccc2c(c1)C(=O)NC2.CC(C)c1cn[nH]n1.CC(C)c1cnc2[nH]ccc2c1.COc1cc(C(C)C)ccn1. The zero-order chi connectivity index (χ0) is 62.4. The summed E-state index contributed by atoms with van der Waals surface area (Å²) in [6.07, 6.45) is 9.04. The highest BCUT2D eigenvalue weighted by molar-refractivity contribution is 5.98. The van der Waals surface area contributed by atoms with E-state index in [1.807, 2.05) is 76.5 Å². The summed E-state index contributed by atoms with van der Waals surface area (Å²) in [5.41, 5.74) is 18.7. The molecule has 0 radical (unpaired) electrons. The lowest BCUT2D eigenvalue weighted by atomic mass is 9.98. The average Bonchev–Trinajstić information content (AvgIpc) is 4.30. The van der Waals surface area contributed by atoms with Gasteiger partial charge in [-0.15, -0.1) is 0 Å². The van der Waals surface area contributed by atoms with Gasteiger partial charge in [0.2, 0.25) is 17.3 Å². The van der Waals surface area contributed by atoms with Gasteiger partial charge in [-0.1, -0.05) is 200 Å². The molecule has 0 unspecified atom stereocenters. The van der Waals surface area contributed by atoms with E-state index in [9.17, 15) is 23.6 Å². The van der Waals surface area contributed by atoms with Gasteiger partial charge in [0.1, 0.15) is 17.1 Å². The average molecular weight is 1260 g/mol. The third-order valence-electron chi connectivity index (χ3n) is 11.9. The van der Waals surface area contributed by atoms with Crippen molar-refractivity contribution in [3.8, 4) is 17.7 Å². The van der Waals surface area contributed by atoms with Crippen LogP contribution in [0.1, 0.15) is 279 Å². The van der Waals surface area contributed by atoms with Gasteiger partial charge in [0.05, 0.1) is 24.6 Å². The van der Waals surface area contributed by atoms with Crippen molar-refractivity contribution in [1.29, 1.82) is 0 Å². The topological polar surface area (TPSA) is 261 Å². The number of halogens is 1. The molecule has 1 aliphatic heterocycles. The minimum atomic E-state index is -0.829. The van der Waals surface area contributed by atoms with E-state index < -0.39 is 17.3 Å². The number of aromatic amines is 3. The first kappa shape index (κ1) is 98.3. The highest BCUT2D eigenvalue weighted by Crippen LogP contribution is 2.23. The fraction of sp³-hybridized carbons (Fsp3) is 0.507. The second-order valence-corrected chi connectivity index (χ2v) is 22.4. The molecule has 6 heterocycles. The molecular weight excluding hydrogens is 1130 g/mol. The molecule has 90 heavy (non-hydrogen) atoms. The van der Waals surface area contributed by atoms with Gasteiger partial charge < -0.3 is 36.6 Å². The molecule has 0 saturated carbocycles. The predicted molar refractivity (Wildman–Crippen MR) is 384 cm³/mol. The monoisotopic (exact) mass is 1260 g/mol. The summed E-state index contributed by atoms with van der Waals surface area (Å²) in [6, 6.07) is 22.3. The zero-order valence-electron chi connectivity index (χ0n) is 52.0. The van der Waals surface area contributed by atoms with Gasteiger partial charge in [-0.2, -0.15) is 15.4 Å². The highest BCUT2D eigenvalue weighted by atomic mass is 19.1. The maximum absolute atomic E-state index is 13.0. The van der Waals surface area contributed by atoms with E-state index >= 15 is 0 Å². The standard InChI is InChI=1S/C11H13NO.C10H12FNO.C10H12N2.C9H13NO.C8H11NO.C8H14O.C5H9N3.C4H9NO.8CH4/c1-7(2)8-3-4-9-6-12-11(13)10(9)5-8;1-6(2)7-3-4-9(11)8(5-7)10(12)13;1-7(2)9-5-8-3-4-11-10(8)12-6-9;1-7(2)8-4-5-10-9(6-8)11-3;1-6(2)7-3-4-9-8(10)5-7;1-7(2)5-6-8(3,4)9;1-4(2)5-3-6-8-7-5;1-3(2)4(5)6;;;;;;;;/h3-5,7H,6H2,1-2H3,(H,12,13);3-6H,1-2H3,(H2,12,13);3-7H,1-2H3,(H,11,12);4-7H,1-3H3;3-6H,1-2H3,(H,9,10);7,9H,1-4H3;3-4H,1-2H3,(H,6,7,8);3H,1-2H3,(H2,5,6);8*1H4. The van der Waals surface area contributed by atoms with E-state index in [2.05, 4.69) is 134 Å². The Hall–Kier alpha value is -7.97. The molecule has 2 aromatic carbocycles. The van der Waals surface area contributed by atoms with E-state index in [4.69, 9.17) is 21.3 Å². The fourth-order valence-electron chi connectivity index (χ4n) is 6.48. The number of rotatable bonds is 9. The third-order valence-corrected chi connectivity index (χ3v) is 11.9. The van der Waals surface area contributed by atoms with Gasteiger partial charge in [-0.25, -0.2) is 14.4 Å². The smallest absolute Gasteiger partial charge is 0.251 e. The maximum Gasteiger partial charge on any atom is 0.251 e. The van der Waals surface area contributed by atoms with Crippen LogP contribution >= 0.6 is 0 Å². The van der Waals surface area contributed by atoms with Crippen molar-refractivity contribution in [2.24, 2.45) is 23.3 Å². The first-order chi connectivity index (χ1) is 38.3. The number of amides is 3. The number of nitrogens with zero attached hydrogens (tertiary/aromatic N) is 4. The van der Waals surface area contributed by atoms with Crippen molar-refractivity contribution in [3.63, 3.8) is 0 Å². The van der Waals surface area contributed by atoms with E-state index in [1.165, 1.54) is 34.2 Å². The number of benzene rings is 2. The number of fused-ring (bicyclic) bond motifs is 2. The Balaban J connectivity index is -0.000000142. The molecule has 0 spiro atoms. The molecule has 8 rings (SSSR count). The second-order valence-electron chi connectivity index (χ2n) is 22.4. The summed E-state index contributed by atoms with van der Waals surface area (Å²) in [7, 11) is 1.63. The van der Waals surface area contributed by atoms with Crippen LogP contribution in [0.3, 0.4) is 0 Å². The number of hydrogen-bond acceptors (Lipinski definition) is 10. The van der Waals surface area contributed by atoms with Crippen LogP contribution in [0.4, 0.5) is 4.39 Å². The molecule has 5 aromatic heterocycles. The minimum Gasteiger partial charge on any atom is -0.481 e. The molecule has 17 heteroatoms. The number of carbonyl (C=O) groups is 3. The van der Waals surface area contributed by atoms with Gasteiger partial charge in [-0.3, -0.25) is 19.2 Å². The molecule has 16 nitrogen and oxygen atoms in total. The molecule has 0 saturated heterocycles. The number of methoxy groups -OCH3 is 1. The van der Waals surface area contributed by atoms with E-state index in [1.54, 1.807) is 65.5 Å². The van der Waals surface area contributed by atoms with Crippen molar-refractivity contribution in [1.82, 2.24) is 40.7 Å². The number of primary amides is 2. The Morgan fingerprint density at radius 3 is 1.53 bits per heavy atom. The van der Waals surface area contributed by atoms with Gasteiger partial charge >= 0.3 is 0 Å². The molecule has 0 aliphatic carbocycles. The van der Waals surface area contributed by atoms with Crippen LogP contribution in [0.15, 0.2) is 109 Å². The lowest BCUT2D eigenvalue weighted by Gasteiger charge is -2.06. The molecule has 0 fully saturated rings. The first-order valence-corrected chi connectivity index (χ1v) is 27.8. The van der Waals surface area contributed by atoms with Crippen LogP contribution in [0.5, 0.6) is 5.88 Å². The van der Waals surface area contributed by atoms with E-state index in [0.717, 1.165) is 33.6 Å². The number of nitrogens with two attached hydrogens (primary N) is 2. The number of aliphatic hydroxyl groups is 1. The summed E-state index contributed by atoms with van der Waals surface area (Å²) in [5.74, 6) is 7.93. The molecule has 9 N–H and O–H groups in total. The number of H-pyrrole nitrogens is 3. The number of ether oxygens (including phenoxy) is 1. The van der Waals surface area contributed by atoms with Crippen molar-refractivity contribution < 1.29 is 28.6 Å². The van der Waals surface area contributed by atoms with E-state index in [-0.39, 0.29) is 94.2 Å².